The van der Waals surface area contributed by atoms with Gasteiger partial charge < -0.3 is 15.4 Å². The SMILES string of the molecule is COC(=O)c1ccc(C(C)C)c(NC(=O)NCCCc2ncn[nH]2)c1. The van der Waals surface area contributed by atoms with Crippen LogP contribution in [0.1, 0.15) is 47.9 Å². The number of nitrogens with zero attached hydrogens (tertiary/aromatic N) is 2. The number of H-pyrrole nitrogens is 1. The van der Waals surface area contributed by atoms with E-state index >= 15 is 0 Å². The predicted molar refractivity (Wildman–Crippen MR) is 93.6 cm³/mol. The lowest BCUT2D eigenvalue weighted by atomic mass is 9.99. The fourth-order valence-corrected chi connectivity index (χ4v) is 2.39. The minimum atomic E-state index is -0.439. The summed E-state index contributed by atoms with van der Waals surface area (Å²) in [7, 11) is 1.33. The zero-order chi connectivity index (χ0) is 18.2. The summed E-state index contributed by atoms with van der Waals surface area (Å²) in [6, 6.07) is 4.84. The summed E-state index contributed by atoms with van der Waals surface area (Å²) in [6.07, 6.45) is 2.90. The minimum absolute atomic E-state index is 0.202. The normalized spacial score (nSPS) is 10.6. The number of benzene rings is 1. The van der Waals surface area contributed by atoms with Crippen LogP contribution >= 0.6 is 0 Å². The molecule has 134 valence electrons. The maximum absolute atomic E-state index is 12.1. The van der Waals surface area contributed by atoms with Crippen molar-refractivity contribution >= 4 is 17.7 Å². The van der Waals surface area contributed by atoms with E-state index in [-0.39, 0.29) is 11.9 Å². The van der Waals surface area contributed by atoms with Gasteiger partial charge in [0.25, 0.3) is 0 Å². The molecule has 1 heterocycles. The number of amides is 2. The van der Waals surface area contributed by atoms with E-state index in [1.165, 1.54) is 13.4 Å². The summed E-state index contributed by atoms with van der Waals surface area (Å²) in [5.41, 5.74) is 1.95. The summed E-state index contributed by atoms with van der Waals surface area (Å²) >= 11 is 0. The molecule has 25 heavy (non-hydrogen) atoms. The zero-order valence-electron chi connectivity index (χ0n) is 14.6. The molecule has 2 rings (SSSR count). The number of esters is 1. The molecular weight excluding hydrogens is 322 g/mol. The van der Waals surface area contributed by atoms with Crippen molar-refractivity contribution in [1.29, 1.82) is 0 Å². The Morgan fingerprint density at radius 2 is 2.12 bits per heavy atom. The van der Waals surface area contributed by atoms with E-state index in [2.05, 4.69) is 25.8 Å². The van der Waals surface area contributed by atoms with Gasteiger partial charge in [0, 0.05) is 18.7 Å². The van der Waals surface area contributed by atoms with Crippen LogP contribution in [0.2, 0.25) is 0 Å². The van der Waals surface area contributed by atoms with Gasteiger partial charge in [0.2, 0.25) is 0 Å². The fraction of sp³-hybridized carbons (Fsp3) is 0.412. The molecular formula is C17H23N5O3. The van der Waals surface area contributed by atoms with Crippen LogP contribution in [0.25, 0.3) is 0 Å². The fourth-order valence-electron chi connectivity index (χ4n) is 2.39. The molecule has 1 aromatic carbocycles. The van der Waals surface area contributed by atoms with Crippen LogP contribution < -0.4 is 10.6 Å². The Bertz CT molecular complexity index is 713. The highest BCUT2D eigenvalue weighted by Crippen LogP contribution is 2.25. The Morgan fingerprint density at radius 3 is 2.76 bits per heavy atom. The molecule has 0 bridgehead atoms. The minimum Gasteiger partial charge on any atom is -0.465 e. The lowest BCUT2D eigenvalue weighted by Gasteiger charge is -2.15. The summed E-state index contributed by atoms with van der Waals surface area (Å²) < 4.78 is 4.73. The molecule has 0 aliphatic heterocycles. The second-order valence-corrected chi connectivity index (χ2v) is 5.86. The molecule has 2 amide bonds. The molecule has 1 aromatic heterocycles. The highest BCUT2D eigenvalue weighted by molar-refractivity contribution is 5.94. The lowest BCUT2D eigenvalue weighted by molar-refractivity contribution is 0.0600. The van der Waals surface area contributed by atoms with Crippen molar-refractivity contribution in [3.8, 4) is 0 Å². The van der Waals surface area contributed by atoms with Crippen LogP contribution in [-0.4, -0.2) is 40.8 Å². The maximum atomic E-state index is 12.1. The van der Waals surface area contributed by atoms with Crippen LogP contribution in [0.5, 0.6) is 0 Å². The van der Waals surface area contributed by atoms with Crippen molar-refractivity contribution in [2.75, 3.05) is 19.0 Å². The predicted octanol–water partition coefficient (Wildman–Crippen LogP) is 2.47. The Kier molecular flexibility index (Phi) is 6.50. The molecule has 0 aliphatic carbocycles. The summed E-state index contributed by atoms with van der Waals surface area (Å²) in [5, 5.41) is 12.2. The maximum Gasteiger partial charge on any atom is 0.337 e. The first-order valence-electron chi connectivity index (χ1n) is 8.12. The molecule has 8 nitrogen and oxygen atoms in total. The van der Waals surface area contributed by atoms with Gasteiger partial charge in [-0.25, -0.2) is 14.6 Å². The van der Waals surface area contributed by atoms with Crippen LogP contribution in [-0.2, 0) is 11.2 Å². The van der Waals surface area contributed by atoms with E-state index in [0.717, 1.165) is 17.8 Å². The van der Waals surface area contributed by atoms with Gasteiger partial charge in [-0.2, -0.15) is 5.10 Å². The molecule has 8 heteroatoms. The van der Waals surface area contributed by atoms with E-state index in [1.807, 2.05) is 19.9 Å². The topological polar surface area (TPSA) is 109 Å². The van der Waals surface area contributed by atoms with Crippen LogP contribution in [0.4, 0.5) is 10.5 Å². The van der Waals surface area contributed by atoms with E-state index in [4.69, 9.17) is 4.74 Å². The van der Waals surface area contributed by atoms with E-state index in [0.29, 0.717) is 24.2 Å². The quantitative estimate of drug-likeness (QED) is 0.527. The van der Waals surface area contributed by atoms with Gasteiger partial charge in [-0.15, -0.1) is 0 Å². The zero-order valence-corrected chi connectivity index (χ0v) is 14.6. The molecule has 0 unspecified atom stereocenters. The standard InChI is InChI=1S/C17H23N5O3/c1-11(2)13-7-6-12(16(23)25-3)9-14(13)21-17(24)18-8-4-5-15-19-10-20-22-15/h6-7,9-11H,4-5,8H2,1-3H3,(H2,18,21,24)(H,19,20,22). The Balaban J connectivity index is 1.94. The lowest BCUT2D eigenvalue weighted by Crippen LogP contribution is -2.30. The van der Waals surface area contributed by atoms with Crippen molar-refractivity contribution in [1.82, 2.24) is 20.5 Å². The number of anilines is 1. The number of carbonyl (C=O) groups excluding carboxylic acids is 2. The van der Waals surface area contributed by atoms with Gasteiger partial charge in [-0.05, 0) is 30.0 Å². The third-order valence-electron chi connectivity index (χ3n) is 3.69. The summed E-state index contributed by atoms with van der Waals surface area (Å²) in [4.78, 5) is 27.8. The first-order chi connectivity index (χ1) is 12.0. The van der Waals surface area contributed by atoms with Gasteiger partial charge in [0.1, 0.15) is 12.2 Å². The van der Waals surface area contributed by atoms with Gasteiger partial charge in [0.05, 0.1) is 12.7 Å². The van der Waals surface area contributed by atoms with Crippen LogP contribution in [0.15, 0.2) is 24.5 Å². The molecule has 0 saturated carbocycles. The number of ether oxygens (including phenoxy) is 1. The molecule has 0 radical (unpaired) electrons. The molecule has 0 atom stereocenters. The van der Waals surface area contributed by atoms with Gasteiger partial charge in [-0.1, -0.05) is 19.9 Å². The number of hydrogen-bond donors (Lipinski definition) is 3. The summed E-state index contributed by atoms with van der Waals surface area (Å²) in [6.45, 7) is 4.54. The third kappa shape index (κ3) is 5.30. The molecule has 0 saturated heterocycles. The Morgan fingerprint density at radius 1 is 1.32 bits per heavy atom. The molecule has 3 N–H and O–H groups in total. The smallest absolute Gasteiger partial charge is 0.337 e. The summed E-state index contributed by atoms with van der Waals surface area (Å²) in [5.74, 6) is 0.550. The van der Waals surface area contributed by atoms with E-state index in [9.17, 15) is 9.59 Å². The van der Waals surface area contributed by atoms with Crippen molar-refractivity contribution in [2.24, 2.45) is 0 Å². The highest BCUT2D eigenvalue weighted by atomic mass is 16.5. The van der Waals surface area contributed by atoms with Gasteiger partial charge in [-0.3, -0.25) is 5.10 Å². The highest BCUT2D eigenvalue weighted by Gasteiger charge is 2.14. The Hall–Kier alpha value is -2.90. The Labute approximate surface area is 146 Å². The van der Waals surface area contributed by atoms with Crippen LogP contribution in [0, 0.1) is 0 Å². The first kappa shape index (κ1) is 18.4. The third-order valence-corrected chi connectivity index (χ3v) is 3.69. The largest absolute Gasteiger partial charge is 0.465 e. The number of aromatic nitrogens is 3. The van der Waals surface area contributed by atoms with Crippen molar-refractivity contribution < 1.29 is 14.3 Å². The van der Waals surface area contributed by atoms with E-state index in [1.54, 1.807) is 12.1 Å². The average Bonchev–Trinajstić information content (AvgIpc) is 3.11. The number of urea groups is 1. The van der Waals surface area contributed by atoms with E-state index < -0.39 is 5.97 Å². The monoisotopic (exact) mass is 345 g/mol. The number of carbonyl (C=O) groups is 2. The van der Waals surface area contributed by atoms with Crippen LogP contribution in [0.3, 0.4) is 0 Å². The van der Waals surface area contributed by atoms with Gasteiger partial charge >= 0.3 is 12.0 Å². The number of hydrogen-bond acceptors (Lipinski definition) is 5. The van der Waals surface area contributed by atoms with Crippen molar-refractivity contribution in [3.63, 3.8) is 0 Å². The van der Waals surface area contributed by atoms with Crippen molar-refractivity contribution in [3.05, 3.63) is 41.5 Å². The number of nitrogens with one attached hydrogen (secondary N) is 3. The number of rotatable bonds is 7. The molecule has 2 aromatic rings. The van der Waals surface area contributed by atoms with Crippen molar-refractivity contribution in [2.45, 2.75) is 32.6 Å². The first-order valence-corrected chi connectivity index (χ1v) is 8.12. The molecule has 0 fully saturated rings. The number of methoxy groups -OCH3 is 1. The molecule has 0 aliphatic rings. The average molecular weight is 345 g/mol. The second kappa shape index (κ2) is 8.81. The number of aromatic amines is 1. The second-order valence-electron chi connectivity index (χ2n) is 5.86. The number of aryl methyl sites for hydroxylation is 1. The van der Waals surface area contributed by atoms with Gasteiger partial charge in [0.15, 0.2) is 0 Å². The molecule has 0 spiro atoms.